The van der Waals surface area contributed by atoms with E-state index in [4.69, 9.17) is 0 Å². The minimum Gasteiger partial charge on any atom is -0.361 e. The fourth-order valence-electron chi connectivity index (χ4n) is 2.74. The standard InChI is InChI=1S/C15H18N2O/c18-15(17-13-3-1-2-4-13)10-11-5-6-12-7-8-16-14(12)9-11/h5-9,13,16H,1-4,10H2,(H,17,18). The van der Waals surface area contributed by atoms with E-state index in [1.54, 1.807) is 0 Å². The quantitative estimate of drug-likeness (QED) is 0.854. The van der Waals surface area contributed by atoms with Crippen LogP contribution in [0, 0.1) is 0 Å². The Bertz CT molecular complexity index is 552. The van der Waals surface area contributed by atoms with Crippen molar-refractivity contribution in [2.45, 2.75) is 38.1 Å². The van der Waals surface area contributed by atoms with Crippen LogP contribution in [0.1, 0.15) is 31.2 Å². The predicted octanol–water partition coefficient (Wildman–Crippen LogP) is 2.77. The minimum atomic E-state index is 0.146. The van der Waals surface area contributed by atoms with Crippen LogP contribution in [0.3, 0.4) is 0 Å². The van der Waals surface area contributed by atoms with Crippen LogP contribution in [0.15, 0.2) is 30.5 Å². The Labute approximate surface area is 107 Å². The van der Waals surface area contributed by atoms with E-state index in [0.29, 0.717) is 12.5 Å². The maximum Gasteiger partial charge on any atom is 0.224 e. The molecule has 1 aromatic heterocycles. The van der Waals surface area contributed by atoms with Gasteiger partial charge in [0.1, 0.15) is 0 Å². The highest BCUT2D eigenvalue weighted by Crippen LogP contribution is 2.18. The second-order valence-corrected chi connectivity index (χ2v) is 5.12. The first-order valence-electron chi connectivity index (χ1n) is 6.67. The molecule has 2 N–H and O–H groups in total. The molecule has 18 heavy (non-hydrogen) atoms. The third-order valence-corrected chi connectivity index (χ3v) is 3.70. The maximum atomic E-state index is 11.9. The number of aromatic nitrogens is 1. The summed E-state index contributed by atoms with van der Waals surface area (Å²) in [5.41, 5.74) is 2.17. The first-order chi connectivity index (χ1) is 8.81. The lowest BCUT2D eigenvalue weighted by Crippen LogP contribution is -2.33. The molecule has 0 radical (unpaired) electrons. The molecule has 1 heterocycles. The summed E-state index contributed by atoms with van der Waals surface area (Å²) in [6.07, 6.45) is 7.18. The molecule has 1 amide bonds. The first-order valence-corrected chi connectivity index (χ1v) is 6.67. The molecule has 0 saturated heterocycles. The smallest absolute Gasteiger partial charge is 0.224 e. The monoisotopic (exact) mass is 242 g/mol. The van der Waals surface area contributed by atoms with E-state index in [0.717, 1.165) is 23.9 Å². The molecule has 94 valence electrons. The van der Waals surface area contributed by atoms with Crippen molar-refractivity contribution in [2.24, 2.45) is 0 Å². The Hall–Kier alpha value is -1.77. The number of carbonyl (C=O) groups is 1. The Morgan fingerprint density at radius 3 is 2.94 bits per heavy atom. The van der Waals surface area contributed by atoms with Gasteiger partial charge in [0.15, 0.2) is 0 Å². The van der Waals surface area contributed by atoms with Crippen LogP contribution in [-0.4, -0.2) is 16.9 Å². The third-order valence-electron chi connectivity index (χ3n) is 3.70. The normalized spacial score (nSPS) is 16.2. The number of amides is 1. The Morgan fingerprint density at radius 1 is 1.28 bits per heavy atom. The zero-order valence-corrected chi connectivity index (χ0v) is 10.4. The molecular formula is C15H18N2O. The van der Waals surface area contributed by atoms with Gasteiger partial charge in [0.2, 0.25) is 5.91 Å². The lowest BCUT2D eigenvalue weighted by molar-refractivity contribution is -0.121. The Kier molecular flexibility index (Phi) is 3.05. The van der Waals surface area contributed by atoms with Crippen molar-refractivity contribution in [2.75, 3.05) is 0 Å². The largest absolute Gasteiger partial charge is 0.361 e. The number of hydrogen-bond acceptors (Lipinski definition) is 1. The van der Waals surface area contributed by atoms with Gasteiger partial charge in [0.25, 0.3) is 0 Å². The molecule has 1 aliphatic rings. The molecule has 3 nitrogen and oxygen atoms in total. The molecule has 1 saturated carbocycles. The van der Waals surface area contributed by atoms with Crippen LogP contribution in [0.25, 0.3) is 10.9 Å². The van der Waals surface area contributed by atoms with Gasteiger partial charge in [-0.25, -0.2) is 0 Å². The number of rotatable bonds is 3. The van der Waals surface area contributed by atoms with Gasteiger partial charge in [0, 0.05) is 17.8 Å². The molecule has 1 aliphatic carbocycles. The fourth-order valence-corrected chi connectivity index (χ4v) is 2.74. The molecule has 3 heteroatoms. The summed E-state index contributed by atoms with van der Waals surface area (Å²) < 4.78 is 0. The summed E-state index contributed by atoms with van der Waals surface area (Å²) in [5, 5.41) is 4.31. The van der Waals surface area contributed by atoms with Crippen molar-refractivity contribution in [1.82, 2.24) is 10.3 Å². The van der Waals surface area contributed by atoms with E-state index in [9.17, 15) is 4.79 Å². The molecule has 3 rings (SSSR count). The fraction of sp³-hybridized carbons (Fsp3) is 0.400. The average molecular weight is 242 g/mol. The second-order valence-electron chi connectivity index (χ2n) is 5.12. The van der Waals surface area contributed by atoms with Crippen LogP contribution in [0.5, 0.6) is 0 Å². The van der Waals surface area contributed by atoms with Gasteiger partial charge in [-0.1, -0.05) is 25.0 Å². The lowest BCUT2D eigenvalue weighted by atomic mass is 10.1. The summed E-state index contributed by atoms with van der Waals surface area (Å²) in [6, 6.07) is 8.60. The highest BCUT2D eigenvalue weighted by atomic mass is 16.1. The molecule has 0 spiro atoms. The highest BCUT2D eigenvalue weighted by Gasteiger charge is 2.17. The first kappa shape index (κ1) is 11.3. The summed E-state index contributed by atoms with van der Waals surface area (Å²) in [4.78, 5) is 15.1. The third kappa shape index (κ3) is 2.40. The number of benzene rings is 1. The molecule has 0 unspecified atom stereocenters. The van der Waals surface area contributed by atoms with Crippen LogP contribution in [0.2, 0.25) is 0 Å². The maximum absolute atomic E-state index is 11.9. The van der Waals surface area contributed by atoms with Crippen LogP contribution in [0.4, 0.5) is 0 Å². The van der Waals surface area contributed by atoms with Crippen molar-refractivity contribution < 1.29 is 4.79 Å². The summed E-state index contributed by atoms with van der Waals surface area (Å²) in [5.74, 6) is 0.146. The number of carbonyl (C=O) groups excluding carboxylic acids is 1. The topological polar surface area (TPSA) is 44.9 Å². The average Bonchev–Trinajstić information content (AvgIpc) is 2.98. The second kappa shape index (κ2) is 4.84. The Morgan fingerprint density at radius 2 is 2.11 bits per heavy atom. The van der Waals surface area contributed by atoms with Crippen LogP contribution >= 0.6 is 0 Å². The van der Waals surface area contributed by atoms with Crippen molar-refractivity contribution in [3.8, 4) is 0 Å². The SMILES string of the molecule is O=C(Cc1ccc2cc[nH]c2c1)NC1CCCC1. The van der Waals surface area contributed by atoms with Gasteiger partial charge in [0.05, 0.1) is 6.42 Å². The van der Waals surface area contributed by atoms with E-state index < -0.39 is 0 Å². The van der Waals surface area contributed by atoms with E-state index in [1.807, 2.05) is 18.3 Å². The van der Waals surface area contributed by atoms with Gasteiger partial charge in [-0.15, -0.1) is 0 Å². The number of fused-ring (bicyclic) bond motifs is 1. The number of aromatic amines is 1. The highest BCUT2D eigenvalue weighted by molar-refractivity contribution is 5.83. The van der Waals surface area contributed by atoms with Gasteiger partial charge in [-0.3, -0.25) is 4.79 Å². The molecule has 0 atom stereocenters. The zero-order chi connectivity index (χ0) is 12.4. The predicted molar refractivity (Wildman–Crippen MR) is 72.4 cm³/mol. The van der Waals surface area contributed by atoms with E-state index in [2.05, 4.69) is 22.4 Å². The molecule has 1 aromatic carbocycles. The van der Waals surface area contributed by atoms with Gasteiger partial charge >= 0.3 is 0 Å². The minimum absolute atomic E-state index is 0.146. The molecule has 0 bridgehead atoms. The van der Waals surface area contributed by atoms with E-state index in [-0.39, 0.29) is 5.91 Å². The lowest BCUT2D eigenvalue weighted by Gasteiger charge is -2.11. The number of hydrogen-bond donors (Lipinski definition) is 2. The van der Waals surface area contributed by atoms with E-state index >= 15 is 0 Å². The molecule has 0 aliphatic heterocycles. The number of H-pyrrole nitrogens is 1. The number of nitrogens with one attached hydrogen (secondary N) is 2. The summed E-state index contributed by atoms with van der Waals surface area (Å²) in [7, 11) is 0. The molecule has 2 aromatic rings. The van der Waals surface area contributed by atoms with Crippen molar-refractivity contribution in [3.05, 3.63) is 36.0 Å². The van der Waals surface area contributed by atoms with E-state index in [1.165, 1.54) is 18.2 Å². The van der Waals surface area contributed by atoms with Gasteiger partial charge < -0.3 is 10.3 Å². The Balaban J connectivity index is 1.65. The zero-order valence-electron chi connectivity index (χ0n) is 10.4. The van der Waals surface area contributed by atoms with Crippen molar-refractivity contribution in [3.63, 3.8) is 0 Å². The molecule has 1 fully saturated rings. The van der Waals surface area contributed by atoms with Gasteiger partial charge in [-0.05, 0) is 35.9 Å². The van der Waals surface area contributed by atoms with Gasteiger partial charge in [-0.2, -0.15) is 0 Å². The van der Waals surface area contributed by atoms with Crippen molar-refractivity contribution in [1.29, 1.82) is 0 Å². The summed E-state index contributed by atoms with van der Waals surface area (Å²) in [6.45, 7) is 0. The van der Waals surface area contributed by atoms with Crippen LogP contribution in [-0.2, 0) is 11.2 Å². The molecular weight excluding hydrogens is 224 g/mol. The van der Waals surface area contributed by atoms with Crippen molar-refractivity contribution >= 4 is 16.8 Å². The summed E-state index contributed by atoms with van der Waals surface area (Å²) >= 11 is 0. The van der Waals surface area contributed by atoms with Crippen LogP contribution < -0.4 is 5.32 Å².